The summed E-state index contributed by atoms with van der Waals surface area (Å²) in [5.74, 6) is 2.14. The molecule has 152 valence electrons. The second-order valence-electron chi connectivity index (χ2n) is 9.80. The predicted molar refractivity (Wildman–Crippen MR) is 109 cm³/mol. The number of carbonyl (C=O) groups is 1. The standard InChI is InChI=1S/C24H38O3/c1-16-12-19(14-21(13-16)27-18(3)26)7-8-20-6-5-11-24(4)22(17(2)15-25)9-10-23(20)24/h7-8,16-17,21-23,25H,5-6,9-15H2,1-4H3/b19-7-,20-8+/t16-,17-,21+,22-,23+,24-/m1/s1. The Labute approximate surface area is 165 Å². The monoisotopic (exact) mass is 374 g/mol. The number of ether oxygens (including phenoxy) is 1. The molecule has 3 nitrogen and oxygen atoms in total. The molecule has 0 aromatic carbocycles. The minimum absolute atomic E-state index is 0.0498. The first kappa shape index (κ1) is 20.6. The van der Waals surface area contributed by atoms with Crippen LogP contribution in [0.15, 0.2) is 23.3 Å². The molecule has 3 fully saturated rings. The molecule has 0 bridgehead atoms. The van der Waals surface area contributed by atoms with Crippen molar-refractivity contribution in [1.82, 2.24) is 0 Å². The van der Waals surface area contributed by atoms with Crippen molar-refractivity contribution in [2.45, 2.75) is 85.2 Å². The SMILES string of the molecule is CC(=O)O[C@@H]1C/C(=C\C=C2/CCC[C@]3(C)[C@@H]([C@H](C)CO)CC[C@@H]23)C[C@@H](C)C1. The number of hydrogen-bond acceptors (Lipinski definition) is 3. The van der Waals surface area contributed by atoms with Gasteiger partial charge in [0.2, 0.25) is 0 Å². The van der Waals surface area contributed by atoms with Gasteiger partial charge >= 0.3 is 5.97 Å². The molecule has 3 aliphatic carbocycles. The van der Waals surface area contributed by atoms with Gasteiger partial charge in [-0.2, -0.15) is 0 Å². The molecule has 3 saturated carbocycles. The lowest BCUT2D eigenvalue weighted by atomic mass is 9.61. The maximum Gasteiger partial charge on any atom is 0.302 e. The molecule has 0 unspecified atom stereocenters. The molecular formula is C24H38O3. The van der Waals surface area contributed by atoms with Gasteiger partial charge in [0.15, 0.2) is 0 Å². The first-order valence-corrected chi connectivity index (χ1v) is 11.0. The van der Waals surface area contributed by atoms with Gasteiger partial charge in [-0.25, -0.2) is 0 Å². The lowest BCUT2D eigenvalue weighted by Crippen LogP contribution is -2.36. The lowest BCUT2D eigenvalue weighted by Gasteiger charge is -2.44. The van der Waals surface area contributed by atoms with Crippen molar-refractivity contribution in [3.8, 4) is 0 Å². The molecule has 0 aromatic heterocycles. The topological polar surface area (TPSA) is 46.5 Å². The van der Waals surface area contributed by atoms with Gasteiger partial charge in [0.25, 0.3) is 0 Å². The summed E-state index contributed by atoms with van der Waals surface area (Å²) in [5, 5.41) is 9.69. The summed E-state index contributed by atoms with van der Waals surface area (Å²) in [4.78, 5) is 11.3. The Morgan fingerprint density at radius 2 is 2.11 bits per heavy atom. The van der Waals surface area contributed by atoms with E-state index in [1.165, 1.54) is 44.6 Å². The summed E-state index contributed by atoms with van der Waals surface area (Å²) in [6.07, 6.45) is 14.1. The van der Waals surface area contributed by atoms with Crippen molar-refractivity contribution >= 4 is 5.97 Å². The van der Waals surface area contributed by atoms with Crippen molar-refractivity contribution in [1.29, 1.82) is 0 Å². The zero-order chi connectivity index (χ0) is 19.6. The Bertz CT molecular complexity index is 605. The van der Waals surface area contributed by atoms with Crippen LogP contribution in [0.3, 0.4) is 0 Å². The van der Waals surface area contributed by atoms with Crippen LogP contribution in [0.1, 0.15) is 79.1 Å². The van der Waals surface area contributed by atoms with Crippen LogP contribution in [-0.4, -0.2) is 23.8 Å². The summed E-state index contributed by atoms with van der Waals surface area (Å²) in [6, 6.07) is 0. The first-order chi connectivity index (χ1) is 12.8. The molecule has 0 spiro atoms. The number of aliphatic hydroxyl groups is 1. The summed E-state index contributed by atoms with van der Waals surface area (Å²) < 4.78 is 5.50. The molecule has 3 rings (SSSR count). The summed E-state index contributed by atoms with van der Waals surface area (Å²) >= 11 is 0. The van der Waals surface area contributed by atoms with Crippen LogP contribution in [-0.2, 0) is 9.53 Å². The van der Waals surface area contributed by atoms with Gasteiger partial charge in [-0.15, -0.1) is 0 Å². The molecule has 0 aromatic rings. The summed E-state index contributed by atoms with van der Waals surface area (Å²) in [5.41, 5.74) is 3.40. The van der Waals surface area contributed by atoms with E-state index in [0.29, 0.717) is 35.7 Å². The largest absolute Gasteiger partial charge is 0.462 e. The van der Waals surface area contributed by atoms with E-state index in [0.717, 1.165) is 19.3 Å². The number of esters is 1. The van der Waals surface area contributed by atoms with E-state index >= 15 is 0 Å². The lowest BCUT2D eigenvalue weighted by molar-refractivity contribution is -0.147. The van der Waals surface area contributed by atoms with E-state index < -0.39 is 0 Å². The highest BCUT2D eigenvalue weighted by Gasteiger charge is 2.50. The van der Waals surface area contributed by atoms with Crippen molar-refractivity contribution in [2.24, 2.45) is 29.1 Å². The third kappa shape index (κ3) is 4.50. The third-order valence-corrected chi connectivity index (χ3v) is 7.64. The Morgan fingerprint density at radius 1 is 1.33 bits per heavy atom. The van der Waals surface area contributed by atoms with Crippen LogP contribution in [0.25, 0.3) is 0 Å². The van der Waals surface area contributed by atoms with Gasteiger partial charge < -0.3 is 9.84 Å². The van der Waals surface area contributed by atoms with Crippen molar-refractivity contribution in [2.75, 3.05) is 6.61 Å². The minimum Gasteiger partial charge on any atom is -0.462 e. The molecule has 3 aliphatic rings. The van der Waals surface area contributed by atoms with Gasteiger partial charge in [0, 0.05) is 20.0 Å². The van der Waals surface area contributed by atoms with E-state index in [1.807, 2.05) is 0 Å². The fraction of sp³-hybridized carbons (Fsp3) is 0.792. The molecule has 0 radical (unpaired) electrons. The molecule has 1 N–H and O–H groups in total. The Balaban J connectivity index is 1.74. The molecule has 0 heterocycles. The minimum atomic E-state index is -0.162. The Kier molecular flexibility index (Phi) is 6.50. The molecule has 27 heavy (non-hydrogen) atoms. The second kappa shape index (κ2) is 8.51. The van der Waals surface area contributed by atoms with Crippen LogP contribution >= 0.6 is 0 Å². The van der Waals surface area contributed by atoms with Crippen LogP contribution in [0.4, 0.5) is 0 Å². The van der Waals surface area contributed by atoms with Gasteiger partial charge in [-0.1, -0.05) is 44.1 Å². The maximum absolute atomic E-state index is 11.3. The molecule has 6 atom stereocenters. The average Bonchev–Trinajstić information content (AvgIpc) is 2.95. The normalized spacial score (nSPS) is 40.8. The van der Waals surface area contributed by atoms with Gasteiger partial charge in [0.1, 0.15) is 6.10 Å². The van der Waals surface area contributed by atoms with Crippen LogP contribution in [0, 0.1) is 29.1 Å². The van der Waals surface area contributed by atoms with Crippen molar-refractivity contribution in [3.63, 3.8) is 0 Å². The number of allylic oxidation sites excluding steroid dienone is 3. The van der Waals surface area contributed by atoms with Crippen LogP contribution in [0.2, 0.25) is 0 Å². The molecule has 3 heteroatoms. The van der Waals surface area contributed by atoms with Crippen molar-refractivity contribution < 1.29 is 14.6 Å². The van der Waals surface area contributed by atoms with E-state index in [4.69, 9.17) is 4.74 Å². The van der Waals surface area contributed by atoms with Crippen LogP contribution < -0.4 is 0 Å². The highest BCUT2D eigenvalue weighted by Crippen LogP contribution is 2.59. The predicted octanol–water partition coefficient (Wildman–Crippen LogP) is 5.44. The van der Waals surface area contributed by atoms with Gasteiger partial charge in [0.05, 0.1) is 0 Å². The highest BCUT2D eigenvalue weighted by molar-refractivity contribution is 5.66. The smallest absolute Gasteiger partial charge is 0.302 e. The number of rotatable bonds is 4. The fourth-order valence-corrected chi connectivity index (χ4v) is 6.47. The number of aliphatic hydroxyl groups excluding tert-OH is 1. The molecule has 0 amide bonds. The second-order valence-corrected chi connectivity index (χ2v) is 9.80. The number of fused-ring (bicyclic) bond motifs is 1. The number of hydrogen-bond donors (Lipinski definition) is 1. The summed E-state index contributed by atoms with van der Waals surface area (Å²) in [7, 11) is 0. The van der Waals surface area contributed by atoms with Crippen molar-refractivity contribution in [3.05, 3.63) is 23.3 Å². The molecule has 0 aliphatic heterocycles. The highest BCUT2D eigenvalue weighted by atomic mass is 16.5. The Morgan fingerprint density at radius 3 is 2.81 bits per heavy atom. The zero-order valence-electron chi connectivity index (χ0n) is 17.7. The first-order valence-electron chi connectivity index (χ1n) is 11.0. The molecule has 0 saturated heterocycles. The summed E-state index contributed by atoms with van der Waals surface area (Å²) in [6.45, 7) is 8.77. The zero-order valence-corrected chi connectivity index (χ0v) is 17.7. The Hall–Kier alpha value is -1.09. The third-order valence-electron chi connectivity index (χ3n) is 7.64. The van der Waals surface area contributed by atoms with E-state index in [2.05, 4.69) is 32.9 Å². The van der Waals surface area contributed by atoms with E-state index in [9.17, 15) is 9.90 Å². The van der Waals surface area contributed by atoms with Gasteiger partial charge in [-0.05, 0) is 74.0 Å². The molecular weight excluding hydrogens is 336 g/mol. The van der Waals surface area contributed by atoms with E-state index in [1.54, 1.807) is 5.57 Å². The average molecular weight is 375 g/mol. The quantitative estimate of drug-likeness (QED) is 0.667. The van der Waals surface area contributed by atoms with E-state index in [-0.39, 0.29) is 12.1 Å². The maximum atomic E-state index is 11.3. The number of carbonyl (C=O) groups excluding carboxylic acids is 1. The fourth-order valence-electron chi connectivity index (χ4n) is 6.47. The van der Waals surface area contributed by atoms with Crippen LogP contribution in [0.5, 0.6) is 0 Å². The van der Waals surface area contributed by atoms with Gasteiger partial charge in [-0.3, -0.25) is 4.79 Å².